The number of rotatable bonds is 4. The molecule has 156 valence electrons. The number of para-hydroxylation sites is 1. The number of urea groups is 1. The van der Waals surface area contributed by atoms with E-state index in [-0.39, 0.29) is 12.1 Å². The van der Waals surface area contributed by atoms with Crippen LogP contribution in [-0.4, -0.2) is 27.0 Å². The Morgan fingerprint density at radius 1 is 1.03 bits per heavy atom. The minimum absolute atomic E-state index is 0.0423. The maximum Gasteiger partial charge on any atom is 0.318 e. The van der Waals surface area contributed by atoms with Gasteiger partial charge in [-0.1, -0.05) is 54.1 Å². The first kappa shape index (κ1) is 19.4. The lowest BCUT2D eigenvalue weighted by molar-refractivity contribution is 0.180. The Balaban J connectivity index is 1.35. The van der Waals surface area contributed by atoms with E-state index < -0.39 is 0 Å². The third-order valence-corrected chi connectivity index (χ3v) is 6.03. The molecule has 0 spiro atoms. The largest absolute Gasteiger partial charge is 0.341 e. The molecule has 2 aromatic heterocycles. The minimum atomic E-state index is -0.177. The van der Waals surface area contributed by atoms with Gasteiger partial charge in [0, 0.05) is 30.5 Å². The van der Waals surface area contributed by atoms with Crippen molar-refractivity contribution in [1.82, 2.24) is 19.8 Å². The monoisotopic (exact) mass is 410 g/mol. The van der Waals surface area contributed by atoms with Gasteiger partial charge in [-0.25, -0.2) is 4.79 Å². The molecule has 0 saturated carbocycles. The van der Waals surface area contributed by atoms with Gasteiger partial charge in [0.25, 0.3) is 0 Å². The molecule has 0 radical (unpaired) electrons. The van der Waals surface area contributed by atoms with E-state index in [2.05, 4.69) is 76.4 Å². The lowest BCUT2D eigenvalue weighted by Gasteiger charge is -2.31. The number of nitrogens with zero attached hydrogens (tertiary/aromatic N) is 3. The molecule has 5 heteroatoms. The molecule has 1 aliphatic rings. The summed E-state index contributed by atoms with van der Waals surface area (Å²) in [6.45, 7) is 4.19. The van der Waals surface area contributed by atoms with Gasteiger partial charge in [0.2, 0.25) is 0 Å². The van der Waals surface area contributed by atoms with Crippen LogP contribution in [0.4, 0.5) is 4.79 Å². The van der Waals surface area contributed by atoms with Crippen LogP contribution >= 0.6 is 0 Å². The average molecular weight is 411 g/mol. The highest BCUT2D eigenvalue weighted by Gasteiger charge is 2.25. The van der Waals surface area contributed by atoms with Gasteiger partial charge in [0.05, 0.1) is 18.3 Å². The fourth-order valence-corrected chi connectivity index (χ4v) is 4.34. The van der Waals surface area contributed by atoms with Gasteiger partial charge >= 0.3 is 6.03 Å². The van der Waals surface area contributed by atoms with Gasteiger partial charge in [0.1, 0.15) is 0 Å². The zero-order valence-corrected chi connectivity index (χ0v) is 17.7. The molecule has 1 N–H and O–H groups in total. The molecular weight excluding hydrogens is 384 g/mol. The molecule has 1 atom stereocenters. The quantitative estimate of drug-likeness (QED) is 0.523. The van der Waals surface area contributed by atoms with Crippen molar-refractivity contribution in [2.75, 3.05) is 6.54 Å². The molecule has 3 heterocycles. The van der Waals surface area contributed by atoms with Crippen molar-refractivity contribution >= 4 is 16.9 Å². The second-order valence-electron chi connectivity index (χ2n) is 8.21. The molecule has 0 saturated heterocycles. The Labute approximate surface area is 182 Å². The van der Waals surface area contributed by atoms with E-state index in [0.29, 0.717) is 19.5 Å². The number of fused-ring (bicyclic) bond motifs is 3. The highest BCUT2D eigenvalue weighted by molar-refractivity contribution is 5.82. The first-order chi connectivity index (χ1) is 15.2. The van der Waals surface area contributed by atoms with Gasteiger partial charge in [-0.05, 0) is 48.6 Å². The number of hydrogen-bond donors (Lipinski definition) is 1. The van der Waals surface area contributed by atoms with Gasteiger partial charge in [-0.15, -0.1) is 0 Å². The van der Waals surface area contributed by atoms with Crippen molar-refractivity contribution in [3.63, 3.8) is 0 Å². The fraction of sp³-hybridized carbons (Fsp3) is 0.231. The Morgan fingerprint density at radius 3 is 2.65 bits per heavy atom. The van der Waals surface area contributed by atoms with E-state index >= 15 is 0 Å². The molecule has 5 nitrogen and oxygen atoms in total. The predicted molar refractivity (Wildman–Crippen MR) is 123 cm³/mol. The number of pyridine rings is 1. The summed E-state index contributed by atoms with van der Waals surface area (Å²) in [6.07, 6.45) is 2.49. The van der Waals surface area contributed by atoms with Gasteiger partial charge < -0.3 is 14.8 Å². The fourth-order valence-electron chi connectivity index (χ4n) is 4.34. The molecule has 2 aromatic carbocycles. The zero-order chi connectivity index (χ0) is 21.2. The lowest BCUT2D eigenvalue weighted by atomic mass is 10.0. The van der Waals surface area contributed by atoms with Gasteiger partial charge in [0.15, 0.2) is 0 Å². The Morgan fingerprint density at radius 2 is 1.84 bits per heavy atom. The molecule has 0 aliphatic carbocycles. The van der Waals surface area contributed by atoms with Crippen LogP contribution in [0.1, 0.15) is 28.6 Å². The molecular formula is C26H26N4O. The summed E-state index contributed by atoms with van der Waals surface area (Å²) < 4.78 is 2.32. The predicted octanol–water partition coefficient (Wildman–Crippen LogP) is 4.85. The van der Waals surface area contributed by atoms with E-state index in [1.807, 2.05) is 23.1 Å². The van der Waals surface area contributed by atoms with Crippen LogP contribution in [0, 0.1) is 6.92 Å². The maximum absolute atomic E-state index is 13.2. The maximum atomic E-state index is 13.2. The number of aromatic nitrogens is 2. The van der Waals surface area contributed by atoms with E-state index in [1.54, 1.807) is 6.20 Å². The average Bonchev–Trinajstić information content (AvgIpc) is 3.18. The van der Waals surface area contributed by atoms with Crippen molar-refractivity contribution in [2.45, 2.75) is 32.5 Å². The third kappa shape index (κ3) is 4.04. The Kier molecular flexibility index (Phi) is 5.16. The number of aryl methyl sites for hydroxylation is 1. The molecule has 1 aliphatic heterocycles. The van der Waals surface area contributed by atoms with Crippen molar-refractivity contribution < 1.29 is 4.79 Å². The Hall–Kier alpha value is -3.60. The van der Waals surface area contributed by atoms with Crippen LogP contribution in [0.5, 0.6) is 0 Å². The van der Waals surface area contributed by atoms with Crippen LogP contribution < -0.4 is 5.32 Å². The third-order valence-electron chi connectivity index (χ3n) is 6.03. The van der Waals surface area contributed by atoms with E-state index in [0.717, 1.165) is 12.2 Å². The summed E-state index contributed by atoms with van der Waals surface area (Å²) in [5.41, 5.74) is 5.70. The van der Waals surface area contributed by atoms with Gasteiger partial charge in [-0.2, -0.15) is 0 Å². The van der Waals surface area contributed by atoms with E-state index in [9.17, 15) is 4.79 Å². The summed E-state index contributed by atoms with van der Waals surface area (Å²) in [7, 11) is 0. The van der Waals surface area contributed by atoms with Crippen LogP contribution in [0.15, 0.2) is 79.0 Å². The number of hydrogen-bond acceptors (Lipinski definition) is 2. The van der Waals surface area contributed by atoms with Gasteiger partial charge in [-0.3, -0.25) is 4.98 Å². The Bertz CT molecular complexity index is 1200. The normalized spacial score (nSPS) is 14.3. The standard InChI is InChI=1S/C26H26N4O/c1-19-9-11-20(12-10-19)16-24(23-7-4-5-13-27-23)28-26(31)29-14-15-30-22(18-29)17-21-6-2-3-8-25(21)30/h2-13,17,24H,14-16,18H2,1H3,(H,28,31). The van der Waals surface area contributed by atoms with Crippen molar-refractivity contribution in [3.8, 4) is 0 Å². The smallest absolute Gasteiger partial charge is 0.318 e. The summed E-state index contributed by atoms with van der Waals surface area (Å²) in [6, 6.07) is 24.7. The molecule has 2 amide bonds. The second-order valence-corrected chi connectivity index (χ2v) is 8.21. The van der Waals surface area contributed by atoms with Crippen LogP contribution in [0.3, 0.4) is 0 Å². The zero-order valence-electron chi connectivity index (χ0n) is 17.7. The molecule has 1 unspecified atom stereocenters. The first-order valence-electron chi connectivity index (χ1n) is 10.8. The van der Waals surface area contributed by atoms with Crippen molar-refractivity contribution in [1.29, 1.82) is 0 Å². The van der Waals surface area contributed by atoms with Crippen LogP contribution in [0.25, 0.3) is 10.9 Å². The molecule has 4 aromatic rings. The highest BCUT2D eigenvalue weighted by atomic mass is 16.2. The summed E-state index contributed by atoms with van der Waals surface area (Å²) in [5.74, 6) is 0. The highest BCUT2D eigenvalue weighted by Crippen LogP contribution is 2.25. The lowest BCUT2D eigenvalue weighted by Crippen LogP contribution is -2.45. The SMILES string of the molecule is Cc1ccc(CC(NC(=O)N2CCn3c(cc4ccccc43)C2)c2ccccn2)cc1. The van der Waals surface area contributed by atoms with E-state index in [1.165, 1.54) is 27.7 Å². The minimum Gasteiger partial charge on any atom is -0.341 e. The first-order valence-corrected chi connectivity index (χ1v) is 10.8. The van der Waals surface area contributed by atoms with E-state index in [4.69, 9.17) is 0 Å². The summed E-state index contributed by atoms with van der Waals surface area (Å²) >= 11 is 0. The topological polar surface area (TPSA) is 50.2 Å². The number of nitrogens with one attached hydrogen (secondary N) is 1. The summed E-state index contributed by atoms with van der Waals surface area (Å²) in [4.78, 5) is 19.6. The van der Waals surface area contributed by atoms with Crippen LogP contribution in [0.2, 0.25) is 0 Å². The molecule has 31 heavy (non-hydrogen) atoms. The molecule has 5 rings (SSSR count). The van der Waals surface area contributed by atoms with Crippen molar-refractivity contribution in [2.24, 2.45) is 0 Å². The number of carbonyl (C=O) groups is 1. The molecule has 0 bridgehead atoms. The molecule has 0 fully saturated rings. The number of amides is 2. The van der Waals surface area contributed by atoms with Crippen LogP contribution in [-0.2, 0) is 19.5 Å². The second kappa shape index (κ2) is 8.26. The summed E-state index contributed by atoms with van der Waals surface area (Å²) in [5, 5.41) is 4.47. The number of benzene rings is 2. The number of carbonyl (C=O) groups excluding carboxylic acids is 1. The van der Waals surface area contributed by atoms with Crippen molar-refractivity contribution in [3.05, 3.63) is 102 Å².